The maximum Gasteiger partial charge on any atom is 0.230 e. The van der Waals surface area contributed by atoms with E-state index in [0.29, 0.717) is 10.9 Å². The Morgan fingerprint density at radius 3 is 2.80 bits per heavy atom. The van der Waals surface area contributed by atoms with Gasteiger partial charge in [-0.3, -0.25) is 9.89 Å². The van der Waals surface area contributed by atoms with Gasteiger partial charge in [-0.15, -0.1) is 5.10 Å². The van der Waals surface area contributed by atoms with Gasteiger partial charge in [-0.25, -0.2) is 4.98 Å². The molecule has 1 amide bonds. The smallest absolute Gasteiger partial charge is 0.230 e. The lowest BCUT2D eigenvalue weighted by molar-refractivity contribution is -0.119. The summed E-state index contributed by atoms with van der Waals surface area (Å²) in [7, 11) is 0. The molecular weight excluding hydrogens is 272 g/mol. The van der Waals surface area contributed by atoms with Gasteiger partial charge in [0.2, 0.25) is 11.1 Å². The third kappa shape index (κ3) is 4.09. The van der Waals surface area contributed by atoms with Crippen LogP contribution >= 0.6 is 11.8 Å². The minimum Gasteiger partial charge on any atom is -0.349 e. The molecule has 0 saturated carbocycles. The third-order valence-corrected chi connectivity index (χ3v) is 3.70. The van der Waals surface area contributed by atoms with Crippen molar-refractivity contribution in [2.75, 3.05) is 5.75 Å². The molecule has 2 rings (SSSR count). The van der Waals surface area contributed by atoms with Crippen LogP contribution < -0.4 is 5.32 Å². The standard InChI is InChI=1S/C14H18N4OS/c1-3-12-16-14(18-17-12)20-9-13(19)15-10(2)11-7-5-4-6-8-11/h4-8,10H,3,9H2,1-2H3,(H,15,19)(H,16,17,18)/t10-/m0/s1. The molecule has 0 bridgehead atoms. The third-order valence-electron chi connectivity index (χ3n) is 2.86. The van der Waals surface area contributed by atoms with Crippen molar-refractivity contribution < 1.29 is 4.79 Å². The number of thioether (sulfide) groups is 1. The van der Waals surface area contributed by atoms with Gasteiger partial charge in [0.05, 0.1) is 11.8 Å². The lowest BCUT2D eigenvalue weighted by atomic mass is 10.1. The van der Waals surface area contributed by atoms with Gasteiger partial charge in [0, 0.05) is 6.42 Å². The summed E-state index contributed by atoms with van der Waals surface area (Å²) in [4.78, 5) is 16.1. The number of aryl methyl sites for hydroxylation is 1. The molecule has 0 unspecified atom stereocenters. The second-order valence-electron chi connectivity index (χ2n) is 4.41. The lowest BCUT2D eigenvalue weighted by Crippen LogP contribution is -2.28. The minimum absolute atomic E-state index is 0.00245. The number of carbonyl (C=O) groups excluding carboxylic acids is 1. The molecule has 0 fully saturated rings. The number of nitrogens with one attached hydrogen (secondary N) is 2. The zero-order chi connectivity index (χ0) is 14.4. The van der Waals surface area contributed by atoms with E-state index in [2.05, 4.69) is 20.5 Å². The predicted octanol–water partition coefficient (Wildman–Crippen LogP) is 2.34. The number of carbonyl (C=O) groups is 1. The molecule has 0 aliphatic carbocycles. The van der Waals surface area contributed by atoms with E-state index in [1.807, 2.05) is 44.2 Å². The van der Waals surface area contributed by atoms with Crippen LogP contribution in [0.3, 0.4) is 0 Å². The van der Waals surface area contributed by atoms with E-state index in [0.717, 1.165) is 17.8 Å². The minimum atomic E-state index is -0.0193. The summed E-state index contributed by atoms with van der Waals surface area (Å²) in [6.07, 6.45) is 0.810. The Hall–Kier alpha value is -1.82. The first-order valence-electron chi connectivity index (χ1n) is 6.57. The molecule has 106 valence electrons. The molecule has 2 aromatic rings. The van der Waals surface area contributed by atoms with Crippen LogP contribution in [0.25, 0.3) is 0 Å². The molecule has 1 aromatic heterocycles. The van der Waals surface area contributed by atoms with Crippen molar-refractivity contribution in [2.45, 2.75) is 31.5 Å². The maximum atomic E-state index is 11.9. The molecule has 1 heterocycles. The van der Waals surface area contributed by atoms with E-state index in [1.165, 1.54) is 11.8 Å². The largest absolute Gasteiger partial charge is 0.349 e. The number of benzene rings is 1. The number of nitrogens with zero attached hydrogens (tertiary/aromatic N) is 2. The Balaban J connectivity index is 1.80. The van der Waals surface area contributed by atoms with Gasteiger partial charge in [0.1, 0.15) is 5.82 Å². The molecule has 5 nitrogen and oxygen atoms in total. The Labute approximate surface area is 122 Å². The zero-order valence-electron chi connectivity index (χ0n) is 11.6. The molecule has 0 aliphatic heterocycles. The predicted molar refractivity (Wildman–Crippen MR) is 79.5 cm³/mol. The first-order valence-corrected chi connectivity index (χ1v) is 7.56. The summed E-state index contributed by atoms with van der Waals surface area (Å²) < 4.78 is 0. The normalized spacial score (nSPS) is 12.1. The van der Waals surface area contributed by atoms with Gasteiger partial charge in [0.15, 0.2) is 0 Å². The number of amides is 1. The lowest BCUT2D eigenvalue weighted by Gasteiger charge is -2.13. The molecule has 0 aliphatic rings. The SMILES string of the molecule is CCc1nc(SCC(=O)N[C@@H](C)c2ccccc2)n[nH]1. The van der Waals surface area contributed by atoms with Crippen LogP contribution in [-0.2, 0) is 11.2 Å². The summed E-state index contributed by atoms with van der Waals surface area (Å²) >= 11 is 1.34. The average molecular weight is 290 g/mol. The summed E-state index contributed by atoms with van der Waals surface area (Å²) in [6, 6.07) is 9.89. The van der Waals surface area contributed by atoms with E-state index in [1.54, 1.807) is 0 Å². The highest BCUT2D eigenvalue weighted by atomic mass is 32.2. The van der Waals surface area contributed by atoms with E-state index in [4.69, 9.17) is 0 Å². The molecule has 0 saturated heterocycles. The first-order chi connectivity index (χ1) is 9.69. The molecule has 20 heavy (non-hydrogen) atoms. The number of aromatic nitrogens is 3. The van der Waals surface area contributed by atoms with Gasteiger partial charge >= 0.3 is 0 Å². The highest BCUT2D eigenvalue weighted by Gasteiger charge is 2.11. The number of H-pyrrole nitrogens is 1. The van der Waals surface area contributed by atoms with Gasteiger partial charge in [-0.1, -0.05) is 49.0 Å². The van der Waals surface area contributed by atoms with Crippen molar-refractivity contribution >= 4 is 17.7 Å². The van der Waals surface area contributed by atoms with Crippen LogP contribution in [-0.4, -0.2) is 26.8 Å². The van der Waals surface area contributed by atoms with E-state index >= 15 is 0 Å². The second-order valence-corrected chi connectivity index (χ2v) is 5.35. The molecule has 1 atom stereocenters. The molecule has 2 N–H and O–H groups in total. The van der Waals surface area contributed by atoms with E-state index < -0.39 is 0 Å². The zero-order valence-corrected chi connectivity index (χ0v) is 12.4. The summed E-state index contributed by atoms with van der Waals surface area (Å²) in [5.74, 6) is 1.14. The van der Waals surface area contributed by atoms with Crippen molar-refractivity contribution in [1.82, 2.24) is 20.5 Å². The van der Waals surface area contributed by atoms with Gasteiger partial charge in [-0.2, -0.15) is 0 Å². The average Bonchev–Trinajstić information content (AvgIpc) is 2.94. The van der Waals surface area contributed by atoms with Crippen molar-refractivity contribution in [3.63, 3.8) is 0 Å². The van der Waals surface area contributed by atoms with Crippen LogP contribution in [0.4, 0.5) is 0 Å². The fourth-order valence-corrected chi connectivity index (χ4v) is 2.37. The molecule has 0 radical (unpaired) electrons. The second kappa shape index (κ2) is 7.09. The number of hydrogen-bond acceptors (Lipinski definition) is 4. The Morgan fingerprint density at radius 2 is 2.15 bits per heavy atom. The molecule has 1 aromatic carbocycles. The van der Waals surface area contributed by atoms with Gasteiger partial charge in [0.25, 0.3) is 0 Å². The summed E-state index contributed by atoms with van der Waals surface area (Å²) in [5, 5.41) is 10.5. The molecular formula is C14H18N4OS. The monoisotopic (exact) mass is 290 g/mol. The van der Waals surface area contributed by atoms with Crippen molar-refractivity contribution in [1.29, 1.82) is 0 Å². The van der Waals surface area contributed by atoms with E-state index in [-0.39, 0.29) is 11.9 Å². The van der Waals surface area contributed by atoms with Crippen LogP contribution in [0.15, 0.2) is 35.5 Å². The molecule has 6 heteroatoms. The summed E-state index contributed by atoms with van der Waals surface area (Å²) in [6.45, 7) is 3.98. The summed E-state index contributed by atoms with van der Waals surface area (Å²) in [5.41, 5.74) is 1.09. The number of hydrogen-bond donors (Lipinski definition) is 2. The van der Waals surface area contributed by atoms with Gasteiger partial charge < -0.3 is 5.32 Å². The number of aromatic amines is 1. The fourth-order valence-electron chi connectivity index (χ4n) is 1.74. The fraction of sp³-hybridized carbons (Fsp3) is 0.357. The van der Waals surface area contributed by atoms with Crippen LogP contribution in [0.1, 0.15) is 31.3 Å². The van der Waals surface area contributed by atoms with Crippen molar-refractivity contribution in [2.24, 2.45) is 0 Å². The highest BCUT2D eigenvalue weighted by Crippen LogP contribution is 2.14. The van der Waals surface area contributed by atoms with Crippen molar-refractivity contribution in [3.05, 3.63) is 41.7 Å². The van der Waals surface area contributed by atoms with Crippen LogP contribution in [0, 0.1) is 0 Å². The van der Waals surface area contributed by atoms with E-state index in [9.17, 15) is 4.79 Å². The quantitative estimate of drug-likeness (QED) is 0.801. The van der Waals surface area contributed by atoms with Crippen LogP contribution in [0.5, 0.6) is 0 Å². The number of rotatable bonds is 6. The Bertz CT molecular complexity index is 555. The highest BCUT2D eigenvalue weighted by molar-refractivity contribution is 7.99. The first kappa shape index (κ1) is 14.6. The van der Waals surface area contributed by atoms with Gasteiger partial charge in [-0.05, 0) is 12.5 Å². The van der Waals surface area contributed by atoms with Crippen LogP contribution in [0.2, 0.25) is 0 Å². The molecule has 0 spiro atoms. The maximum absolute atomic E-state index is 11.9. The van der Waals surface area contributed by atoms with Crippen molar-refractivity contribution in [3.8, 4) is 0 Å². The Morgan fingerprint density at radius 1 is 1.40 bits per heavy atom. The topological polar surface area (TPSA) is 70.7 Å². The Kier molecular flexibility index (Phi) is 5.17.